The van der Waals surface area contributed by atoms with Crippen molar-refractivity contribution in [3.8, 4) is 0 Å². The molecule has 7 atom stereocenters. The van der Waals surface area contributed by atoms with Gasteiger partial charge in [-0.05, 0) is 61.2 Å². The van der Waals surface area contributed by atoms with E-state index in [-0.39, 0.29) is 46.9 Å². The van der Waals surface area contributed by atoms with Gasteiger partial charge in [0.25, 0.3) is 0 Å². The van der Waals surface area contributed by atoms with Gasteiger partial charge in [0.2, 0.25) is 0 Å². The summed E-state index contributed by atoms with van der Waals surface area (Å²) in [6.07, 6.45) is 9.57. The van der Waals surface area contributed by atoms with E-state index < -0.39 is 5.41 Å². The van der Waals surface area contributed by atoms with Gasteiger partial charge < -0.3 is 14.9 Å². The molecule has 4 rings (SSSR count). The molecule has 3 fully saturated rings. The van der Waals surface area contributed by atoms with Gasteiger partial charge in [0.05, 0.1) is 12.7 Å². The lowest BCUT2D eigenvalue weighted by molar-refractivity contribution is -0.218. The first-order valence-electron chi connectivity index (χ1n) is 10.3. The molecule has 0 radical (unpaired) electrons. The molecule has 0 aromatic heterocycles. The summed E-state index contributed by atoms with van der Waals surface area (Å²) in [6, 6.07) is 0. The molecule has 1 spiro atoms. The molecule has 0 heterocycles. The first kappa shape index (κ1) is 18.5. The fourth-order valence-electron chi connectivity index (χ4n) is 7.66. The summed E-state index contributed by atoms with van der Waals surface area (Å²) in [6.45, 7) is 8.47. The van der Waals surface area contributed by atoms with E-state index in [4.69, 9.17) is 4.74 Å². The van der Waals surface area contributed by atoms with Crippen LogP contribution in [0.25, 0.3) is 0 Å². The van der Waals surface area contributed by atoms with E-state index in [0.29, 0.717) is 5.92 Å². The molecule has 0 saturated heterocycles. The average molecular weight is 363 g/mol. The van der Waals surface area contributed by atoms with Crippen LogP contribution in [-0.2, 0) is 9.53 Å². The monoisotopic (exact) mass is 362 g/mol. The maximum absolute atomic E-state index is 11.8. The highest BCUT2D eigenvalue weighted by molar-refractivity contribution is 5.66. The summed E-state index contributed by atoms with van der Waals surface area (Å²) in [7, 11) is 0. The van der Waals surface area contributed by atoms with Crippen molar-refractivity contribution in [3.63, 3.8) is 0 Å². The van der Waals surface area contributed by atoms with Crippen molar-refractivity contribution in [1.29, 1.82) is 0 Å². The molecule has 0 aliphatic heterocycles. The Morgan fingerprint density at radius 1 is 1.15 bits per heavy atom. The SMILES string of the molecule is CC(=O)OC1CC2C3(C=CC1(CO)C3)CCC1C(C)(C)CCC(O)C12C. The molecule has 0 amide bonds. The second-order valence-electron chi connectivity index (χ2n) is 10.5. The van der Waals surface area contributed by atoms with Crippen molar-refractivity contribution in [1.82, 2.24) is 0 Å². The predicted molar refractivity (Wildman–Crippen MR) is 99.2 cm³/mol. The highest BCUT2D eigenvalue weighted by atomic mass is 16.5. The number of hydrogen-bond acceptors (Lipinski definition) is 4. The molecule has 4 nitrogen and oxygen atoms in total. The lowest BCUT2D eigenvalue weighted by atomic mass is 9.39. The Kier molecular flexibility index (Phi) is 3.96. The first-order chi connectivity index (χ1) is 12.1. The number of aliphatic hydroxyl groups is 2. The Labute approximate surface area is 157 Å². The number of hydrogen-bond donors (Lipinski definition) is 2. The molecule has 3 saturated carbocycles. The van der Waals surface area contributed by atoms with Gasteiger partial charge in [-0.15, -0.1) is 0 Å². The third-order valence-electron chi connectivity index (χ3n) is 8.92. The van der Waals surface area contributed by atoms with Crippen LogP contribution in [0.3, 0.4) is 0 Å². The molecule has 4 aliphatic carbocycles. The summed E-state index contributed by atoms with van der Waals surface area (Å²) in [5, 5.41) is 21.3. The van der Waals surface area contributed by atoms with Gasteiger partial charge in [-0.3, -0.25) is 4.79 Å². The largest absolute Gasteiger partial charge is 0.462 e. The second-order valence-corrected chi connectivity index (χ2v) is 10.5. The van der Waals surface area contributed by atoms with E-state index >= 15 is 0 Å². The fourth-order valence-corrected chi connectivity index (χ4v) is 7.66. The summed E-state index contributed by atoms with van der Waals surface area (Å²) < 4.78 is 5.74. The Morgan fingerprint density at radius 3 is 2.54 bits per heavy atom. The Balaban J connectivity index is 1.78. The van der Waals surface area contributed by atoms with Gasteiger partial charge >= 0.3 is 5.97 Å². The van der Waals surface area contributed by atoms with Gasteiger partial charge in [0.15, 0.2) is 0 Å². The number of esters is 1. The molecule has 146 valence electrons. The van der Waals surface area contributed by atoms with E-state index in [1.165, 1.54) is 6.92 Å². The lowest BCUT2D eigenvalue weighted by Crippen LogP contribution is -2.64. The number of rotatable bonds is 2. The summed E-state index contributed by atoms with van der Waals surface area (Å²) in [5.74, 6) is 0.478. The molecular formula is C22H34O4. The van der Waals surface area contributed by atoms with Crippen molar-refractivity contribution >= 4 is 5.97 Å². The third kappa shape index (κ3) is 2.24. The Morgan fingerprint density at radius 2 is 1.88 bits per heavy atom. The number of carbonyl (C=O) groups excluding carboxylic acids is 1. The van der Waals surface area contributed by atoms with Crippen molar-refractivity contribution < 1.29 is 19.7 Å². The lowest BCUT2D eigenvalue weighted by Gasteiger charge is -2.66. The topological polar surface area (TPSA) is 66.8 Å². The van der Waals surface area contributed by atoms with Crippen molar-refractivity contribution in [2.75, 3.05) is 6.61 Å². The van der Waals surface area contributed by atoms with Crippen LogP contribution >= 0.6 is 0 Å². The van der Waals surface area contributed by atoms with Crippen molar-refractivity contribution in [2.24, 2.45) is 33.5 Å². The molecular weight excluding hydrogens is 328 g/mol. The molecule has 0 aromatic carbocycles. The van der Waals surface area contributed by atoms with Gasteiger partial charge in [-0.1, -0.05) is 32.9 Å². The van der Waals surface area contributed by atoms with E-state index in [0.717, 1.165) is 38.5 Å². The minimum atomic E-state index is -0.444. The number of ether oxygens (including phenoxy) is 1. The number of carbonyl (C=O) groups is 1. The van der Waals surface area contributed by atoms with Crippen LogP contribution in [0.5, 0.6) is 0 Å². The molecule has 7 unspecified atom stereocenters. The highest BCUT2D eigenvalue weighted by Gasteiger charge is 2.68. The number of aliphatic hydroxyl groups excluding tert-OH is 2. The minimum Gasteiger partial charge on any atom is -0.462 e. The van der Waals surface area contributed by atoms with Crippen LogP contribution in [-0.4, -0.2) is 35.0 Å². The van der Waals surface area contributed by atoms with Crippen molar-refractivity contribution in [2.45, 2.75) is 78.4 Å². The van der Waals surface area contributed by atoms with Gasteiger partial charge in [-0.25, -0.2) is 0 Å². The minimum absolute atomic E-state index is 0.0180. The van der Waals surface area contributed by atoms with E-state index in [1.807, 2.05) is 0 Å². The maximum Gasteiger partial charge on any atom is 0.302 e. The number of allylic oxidation sites excluding steroid dienone is 1. The number of fused-ring (bicyclic) bond motifs is 3. The molecule has 2 bridgehead atoms. The average Bonchev–Trinajstić information content (AvgIpc) is 2.89. The van der Waals surface area contributed by atoms with E-state index in [1.54, 1.807) is 0 Å². The summed E-state index contributed by atoms with van der Waals surface area (Å²) >= 11 is 0. The normalized spacial score (nSPS) is 51.5. The van der Waals surface area contributed by atoms with Gasteiger partial charge in [0.1, 0.15) is 6.10 Å². The second kappa shape index (κ2) is 5.57. The van der Waals surface area contributed by atoms with Crippen LogP contribution in [0.1, 0.15) is 66.2 Å². The molecule has 4 aliphatic rings. The molecule has 2 N–H and O–H groups in total. The molecule has 26 heavy (non-hydrogen) atoms. The van der Waals surface area contributed by atoms with Gasteiger partial charge in [0, 0.05) is 17.8 Å². The fraction of sp³-hybridized carbons (Fsp3) is 0.864. The highest BCUT2D eigenvalue weighted by Crippen LogP contribution is 2.71. The maximum atomic E-state index is 11.8. The van der Waals surface area contributed by atoms with Crippen LogP contribution in [0.15, 0.2) is 12.2 Å². The molecule has 0 aromatic rings. The van der Waals surface area contributed by atoms with Crippen LogP contribution in [0, 0.1) is 33.5 Å². The van der Waals surface area contributed by atoms with Crippen LogP contribution < -0.4 is 0 Å². The van der Waals surface area contributed by atoms with Crippen molar-refractivity contribution in [3.05, 3.63) is 12.2 Å². The van der Waals surface area contributed by atoms with Crippen LogP contribution in [0.4, 0.5) is 0 Å². The zero-order valence-electron chi connectivity index (χ0n) is 16.6. The van der Waals surface area contributed by atoms with E-state index in [9.17, 15) is 15.0 Å². The Bertz CT molecular complexity index is 640. The Hall–Kier alpha value is -0.870. The first-order valence-corrected chi connectivity index (χ1v) is 10.3. The summed E-state index contributed by atoms with van der Waals surface area (Å²) in [5.41, 5.74) is -0.366. The predicted octanol–water partition coefficient (Wildman–Crippen LogP) is 3.46. The smallest absolute Gasteiger partial charge is 0.302 e. The zero-order valence-corrected chi connectivity index (χ0v) is 16.6. The quantitative estimate of drug-likeness (QED) is 0.583. The van der Waals surface area contributed by atoms with Gasteiger partial charge in [-0.2, -0.15) is 0 Å². The third-order valence-corrected chi connectivity index (χ3v) is 8.92. The standard InChI is InChI=1S/C22H34O4/c1-14(24)26-18-11-16-20(4)15(19(2,3)7-6-17(20)25)5-8-21(16)9-10-22(18,12-21)13-23/h9-10,15-18,23,25H,5-8,11-13H2,1-4H3. The summed E-state index contributed by atoms with van der Waals surface area (Å²) in [4.78, 5) is 11.8. The van der Waals surface area contributed by atoms with Crippen LogP contribution in [0.2, 0.25) is 0 Å². The molecule has 4 heteroatoms. The van der Waals surface area contributed by atoms with E-state index in [2.05, 4.69) is 32.9 Å². The zero-order chi connectivity index (χ0) is 19.0.